The van der Waals surface area contributed by atoms with Crippen LogP contribution in [0.4, 0.5) is 0 Å². The van der Waals surface area contributed by atoms with Crippen LogP contribution in [0.1, 0.15) is 0 Å². The molecule has 0 radical (unpaired) electrons. The van der Waals surface area contributed by atoms with Crippen molar-refractivity contribution in [3.8, 4) is 0 Å². The van der Waals surface area contributed by atoms with Crippen LogP contribution in [0.15, 0.2) is 30.3 Å². The molecule has 1 aromatic carbocycles. The normalized spacial score (nSPS) is 4.44. The van der Waals surface area contributed by atoms with Gasteiger partial charge in [-0.15, -0.1) is 0 Å². The first-order valence-corrected chi connectivity index (χ1v) is 1.67. The molecule has 0 unspecified atom stereocenters. The Labute approximate surface area is 78.8 Å². The third kappa shape index (κ3) is 11.7. The van der Waals surface area contributed by atoms with Gasteiger partial charge in [0.05, 0.1) is 0 Å². The Bertz CT molecular complexity index is 61.0. The van der Waals surface area contributed by atoms with Gasteiger partial charge in [0.2, 0.25) is 0 Å². The predicted molar refractivity (Wildman–Crippen MR) is 41.3 cm³/mol. The Morgan fingerprint density at radius 1 is 0.778 bits per heavy atom. The predicted octanol–water partition coefficient (Wildman–Crippen LogP) is 2.75. The molecule has 1 rings (SSSR count). The van der Waals surface area contributed by atoms with E-state index in [-0.39, 0.29) is 48.5 Å². The maximum Gasteiger partial charge on any atom is 4.00 e. The maximum absolute atomic E-state index is 2.00. The van der Waals surface area contributed by atoms with E-state index in [4.69, 9.17) is 0 Å². The molecule has 0 aliphatic carbocycles. The molecular weight excluding hydrogens is 187 g/mol. The van der Waals surface area contributed by atoms with E-state index in [1.54, 1.807) is 0 Å². The second-order valence-corrected chi connectivity index (χ2v) is 0.962. The van der Waals surface area contributed by atoms with Crippen LogP contribution < -0.4 is 0 Å². The van der Waals surface area contributed by atoms with Crippen molar-refractivity contribution in [1.29, 1.82) is 0 Å². The summed E-state index contributed by atoms with van der Waals surface area (Å²) in [7, 11) is 0. The Morgan fingerprint density at radius 2 is 1.11 bits per heavy atom. The molecular formula is C8H14Zr. The largest absolute Gasteiger partial charge is 4.00 e. The number of hydrogen-bond acceptors (Lipinski definition) is 0. The fourth-order valence-corrected chi connectivity index (χ4v) is 0.321. The summed E-state index contributed by atoms with van der Waals surface area (Å²) in [5.41, 5.74) is 0. The van der Waals surface area contributed by atoms with Crippen LogP contribution in [-0.2, 0) is 26.2 Å². The zero-order chi connectivity index (χ0) is 3.54. The van der Waals surface area contributed by atoms with Crippen molar-refractivity contribution in [3.63, 3.8) is 0 Å². The molecule has 0 bridgehead atoms. The minimum Gasteiger partial charge on any atom is -0.358 e. The molecule has 0 saturated heterocycles. The molecule has 0 aliphatic heterocycles. The van der Waals surface area contributed by atoms with Crippen LogP contribution >= 0.6 is 0 Å². The molecule has 0 atom stereocenters. The molecule has 0 heterocycles. The van der Waals surface area contributed by atoms with Crippen molar-refractivity contribution in [2.24, 2.45) is 0 Å². The second-order valence-electron chi connectivity index (χ2n) is 0.962. The third-order valence-electron chi connectivity index (χ3n) is 0.556. The molecule has 0 nitrogen and oxygen atoms in total. The molecule has 9 heavy (non-hydrogen) atoms. The zero-order valence-corrected chi connectivity index (χ0v) is 8.84. The molecule has 0 amide bonds. The van der Waals surface area contributed by atoms with Gasteiger partial charge in [-0.05, 0) is 0 Å². The van der Waals surface area contributed by atoms with Crippen molar-refractivity contribution in [2.45, 2.75) is 0 Å². The van der Waals surface area contributed by atoms with Crippen LogP contribution in [0.2, 0.25) is 0 Å². The third-order valence-corrected chi connectivity index (χ3v) is 0.556. The number of hydrogen-bond donors (Lipinski definition) is 0. The monoisotopic (exact) mass is 200 g/mol. The van der Waals surface area contributed by atoms with Gasteiger partial charge in [-0.25, -0.2) is 12.1 Å². The van der Waals surface area contributed by atoms with Crippen molar-refractivity contribution < 1.29 is 26.2 Å². The summed E-state index contributed by atoms with van der Waals surface area (Å²) >= 11 is 0. The first-order chi connectivity index (χ1) is 2.50. The Kier molecular flexibility index (Phi) is 39.9. The molecule has 0 saturated carbocycles. The quantitative estimate of drug-likeness (QED) is 0.566. The molecule has 1 aromatic rings. The molecule has 1 heteroatoms. The Hall–Kier alpha value is 0.233. The average molecular weight is 201 g/mol. The van der Waals surface area contributed by atoms with Gasteiger partial charge in [-0.1, -0.05) is 0 Å². The molecule has 0 fully saturated rings. The zero-order valence-electron chi connectivity index (χ0n) is 6.39. The minimum atomic E-state index is 0. The summed E-state index contributed by atoms with van der Waals surface area (Å²) in [6, 6.07) is 10.0. The van der Waals surface area contributed by atoms with Crippen molar-refractivity contribution >= 4 is 0 Å². The van der Waals surface area contributed by atoms with Crippen LogP contribution in [0, 0.1) is 22.3 Å². The van der Waals surface area contributed by atoms with E-state index in [1.165, 1.54) is 0 Å². The molecule has 0 aliphatic rings. The molecule has 0 N–H and O–H groups in total. The topological polar surface area (TPSA) is 0 Å². The SMILES string of the molecule is [CH3-].[CH3-].[CH3-].[Zr+4].c1cc[cH-]c1. The summed E-state index contributed by atoms with van der Waals surface area (Å²) in [4.78, 5) is 0. The van der Waals surface area contributed by atoms with Crippen LogP contribution in [0.5, 0.6) is 0 Å². The summed E-state index contributed by atoms with van der Waals surface area (Å²) < 4.78 is 0. The van der Waals surface area contributed by atoms with Gasteiger partial charge in [0.25, 0.3) is 0 Å². The van der Waals surface area contributed by atoms with Gasteiger partial charge >= 0.3 is 26.2 Å². The second kappa shape index (κ2) is 15.7. The Morgan fingerprint density at radius 3 is 1.22 bits per heavy atom. The fraction of sp³-hybridized carbons (Fsp3) is 0. The van der Waals surface area contributed by atoms with Gasteiger partial charge in [0, 0.05) is 0 Å². The fourth-order valence-electron chi connectivity index (χ4n) is 0.321. The summed E-state index contributed by atoms with van der Waals surface area (Å²) in [6.45, 7) is 0. The first-order valence-electron chi connectivity index (χ1n) is 1.67. The molecule has 0 spiro atoms. The maximum atomic E-state index is 2.00. The van der Waals surface area contributed by atoms with E-state index >= 15 is 0 Å². The minimum absolute atomic E-state index is 0. The first kappa shape index (κ1) is 22.9. The van der Waals surface area contributed by atoms with Crippen molar-refractivity contribution in [2.75, 3.05) is 0 Å². The van der Waals surface area contributed by atoms with Crippen LogP contribution in [-0.4, -0.2) is 0 Å². The van der Waals surface area contributed by atoms with Gasteiger partial charge in [-0.3, -0.25) is 0 Å². The van der Waals surface area contributed by atoms with E-state index in [0.717, 1.165) is 0 Å². The van der Waals surface area contributed by atoms with E-state index in [2.05, 4.69) is 0 Å². The summed E-state index contributed by atoms with van der Waals surface area (Å²) in [5, 5.41) is 0. The summed E-state index contributed by atoms with van der Waals surface area (Å²) in [5.74, 6) is 0. The van der Waals surface area contributed by atoms with Gasteiger partial charge in [0.1, 0.15) is 0 Å². The molecule has 50 valence electrons. The van der Waals surface area contributed by atoms with Crippen LogP contribution in [0.25, 0.3) is 0 Å². The number of rotatable bonds is 0. The van der Waals surface area contributed by atoms with Crippen molar-refractivity contribution in [3.05, 3.63) is 52.6 Å². The van der Waals surface area contributed by atoms with E-state index < -0.39 is 0 Å². The van der Waals surface area contributed by atoms with Gasteiger partial charge in [0.15, 0.2) is 0 Å². The van der Waals surface area contributed by atoms with Gasteiger partial charge in [-0.2, -0.15) is 18.2 Å². The molecule has 0 aromatic heterocycles. The Balaban J connectivity index is -0.0000000312. The van der Waals surface area contributed by atoms with Gasteiger partial charge < -0.3 is 22.3 Å². The van der Waals surface area contributed by atoms with E-state index in [9.17, 15) is 0 Å². The van der Waals surface area contributed by atoms with Crippen molar-refractivity contribution in [1.82, 2.24) is 0 Å². The summed E-state index contributed by atoms with van der Waals surface area (Å²) in [6.07, 6.45) is 0. The standard InChI is InChI=1S/C5H5.3CH3.Zr/c1-2-4-5-3-1;;;;/h1-5H;3*1H3;/q4*-1;+4. The smallest absolute Gasteiger partial charge is 0.358 e. The van der Waals surface area contributed by atoms with E-state index in [1.807, 2.05) is 30.3 Å². The van der Waals surface area contributed by atoms with E-state index in [0.29, 0.717) is 0 Å². The average Bonchev–Trinajstić information content (AvgIpc) is 1.76. The van der Waals surface area contributed by atoms with Crippen LogP contribution in [0.3, 0.4) is 0 Å².